The molecular formula is C18H24N2O4. The molecule has 0 saturated heterocycles. The van der Waals surface area contributed by atoms with Gasteiger partial charge in [-0.3, -0.25) is 0 Å². The van der Waals surface area contributed by atoms with Crippen molar-refractivity contribution in [2.24, 2.45) is 0 Å². The van der Waals surface area contributed by atoms with Crippen molar-refractivity contribution in [3.63, 3.8) is 0 Å². The van der Waals surface area contributed by atoms with Gasteiger partial charge >= 0.3 is 0 Å². The minimum Gasteiger partial charge on any atom is -0.399 e. The van der Waals surface area contributed by atoms with E-state index >= 15 is 0 Å². The lowest BCUT2D eigenvalue weighted by atomic mass is 10.2. The predicted octanol–water partition coefficient (Wildman–Crippen LogP) is 2.35. The zero-order chi connectivity index (χ0) is 17.4. The number of aliphatic hydroxyl groups is 2. The van der Waals surface area contributed by atoms with Gasteiger partial charge in [0.1, 0.15) is 0 Å². The molecule has 2 atom stereocenters. The Morgan fingerprint density at radius 3 is 1.33 bits per heavy atom. The Balaban J connectivity index is 1.59. The molecule has 6 nitrogen and oxygen atoms in total. The largest absolute Gasteiger partial charge is 0.399 e. The number of benzene rings is 2. The van der Waals surface area contributed by atoms with Crippen LogP contribution < -0.4 is 11.5 Å². The molecule has 6 heteroatoms. The van der Waals surface area contributed by atoms with Gasteiger partial charge in [-0.1, -0.05) is 24.3 Å². The van der Waals surface area contributed by atoms with Crippen molar-refractivity contribution in [3.05, 3.63) is 59.7 Å². The van der Waals surface area contributed by atoms with Crippen LogP contribution >= 0.6 is 0 Å². The standard InChI is InChI=1S/C18H24N2O4/c19-15-7-3-13(4-8-15)17(21)23-11-1-2-12-24-18(22)14-5-9-16(20)10-6-14/h3-10,17-18,21-22H,1-2,11-12,19-20H2. The van der Waals surface area contributed by atoms with Crippen molar-refractivity contribution in [3.8, 4) is 0 Å². The number of unbranched alkanes of at least 4 members (excludes halogenated alkanes) is 1. The minimum atomic E-state index is -0.966. The molecule has 2 aromatic rings. The van der Waals surface area contributed by atoms with E-state index in [2.05, 4.69) is 0 Å². The predicted molar refractivity (Wildman–Crippen MR) is 92.8 cm³/mol. The molecule has 0 saturated carbocycles. The van der Waals surface area contributed by atoms with Crippen LogP contribution in [0.5, 0.6) is 0 Å². The van der Waals surface area contributed by atoms with Crippen molar-refractivity contribution in [2.75, 3.05) is 24.7 Å². The van der Waals surface area contributed by atoms with Gasteiger partial charge in [-0.2, -0.15) is 0 Å². The molecular weight excluding hydrogens is 308 g/mol. The molecule has 0 heterocycles. The highest BCUT2D eigenvalue weighted by Crippen LogP contribution is 2.18. The van der Waals surface area contributed by atoms with E-state index in [0.29, 0.717) is 48.6 Å². The second-order valence-corrected chi connectivity index (χ2v) is 5.49. The fraction of sp³-hybridized carbons (Fsp3) is 0.333. The van der Waals surface area contributed by atoms with Crippen molar-refractivity contribution in [2.45, 2.75) is 25.4 Å². The van der Waals surface area contributed by atoms with Gasteiger partial charge < -0.3 is 31.2 Å². The summed E-state index contributed by atoms with van der Waals surface area (Å²) in [5.74, 6) is 0. The summed E-state index contributed by atoms with van der Waals surface area (Å²) in [7, 11) is 0. The van der Waals surface area contributed by atoms with E-state index in [1.165, 1.54) is 0 Å². The van der Waals surface area contributed by atoms with Gasteiger partial charge in [-0.05, 0) is 37.1 Å². The molecule has 0 aromatic heterocycles. The summed E-state index contributed by atoms with van der Waals surface area (Å²) in [5, 5.41) is 19.8. The van der Waals surface area contributed by atoms with Crippen LogP contribution in [0, 0.1) is 0 Å². The molecule has 2 rings (SSSR count). The third-order valence-electron chi connectivity index (χ3n) is 3.53. The van der Waals surface area contributed by atoms with Crippen LogP contribution in [0.2, 0.25) is 0 Å². The van der Waals surface area contributed by atoms with Crippen LogP contribution in [-0.4, -0.2) is 23.4 Å². The molecule has 6 N–H and O–H groups in total. The number of nitrogens with two attached hydrogens (primary N) is 2. The number of nitrogen functional groups attached to an aromatic ring is 2. The molecule has 0 bridgehead atoms. The SMILES string of the molecule is Nc1ccc(C(O)OCCCCOC(O)c2ccc(N)cc2)cc1. The van der Waals surface area contributed by atoms with E-state index in [-0.39, 0.29) is 0 Å². The smallest absolute Gasteiger partial charge is 0.181 e. The summed E-state index contributed by atoms with van der Waals surface area (Å²) in [5.41, 5.74) is 13.8. The van der Waals surface area contributed by atoms with Crippen LogP contribution in [0.15, 0.2) is 48.5 Å². The summed E-state index contributed by atoms with van der Waals surface area (Å²) in [6.45, 7) is 0.791. The van der Waals surface area contributed by atoms with E-state index in [9.17, 15) is 10.2 Å². The number of hydrogen-bond acceptors (Lipinski definition) is 6. The first-order valence-corrected chi connectivity index (χ1v) is 7.86. The summed E-state index contributed by atoms with van der Waals surface area (Å²) in [6, 6.07) is 13.8. The highest BCUT2D eigenvalue weighted by Gasteiger charge is 2.08. The lowest BCUT2D eigenvalue weighted by Crippen LogP contribution is -2.07. The van der Waals surface area contributed by atoms with Gasteiger partial charge in [0.05, 0.1) is 13.2 Å². The number of aliphatic hydroxyl groups excluding tert-OH is 2. The maximum absolute atomic E-state index is 9.88. The minimum absolute atomic E-state index is 0.396. The first-order valence-electron chi connectivity index (χ1n) is 7.86. The van der Waals surface area contributed by atoms with E-state index in [4.69, 9.17) is 20.9 Å². The third kappa shape index (κ3) is 5.82. The van der Waals surface area contributed by atoms with Gasteiger partial charge in [0.25, 0.3) is 0 Å². The summed E-state index contributed by atoms with van der Waals surface area (Å²) >= 11 is 0. The van der Waals surface area contributed by atoms with Crippen molar-refractivity contribution < 1.29 is 19.7 Å². The van der Waals surface area contributed by atoms with Crippen molar-refractivity contribution >= 4 is 11.4 Å². The van der Waals surface area contributed by atoms with Gasteiger partial charge in [0.2, 0.25) is 0 Å². The maximum Gasteiger partial charge on any atom is 0.181 e. The Labute approximate surface area is 141 Å². The Kier molecular flexibility index (Phi) is 7.02. The maximum atomic E-state index is 9.88. The molecule has 0 aliphatic carbocycles. The van der Waals surface area contributed by atoms with E-state index in [1.807, 2.05) is 0 Å². The number of anilines is 2. The quantitative estimate of drug-likeness (QED) is 0.319. The molecule has 2 aromatic carbocycles. The molecule has 24 heavy (non-hydrogen) atoms. The Bertz CT molecular complexity index is 546. The van der Waals surface area contributed by atoms with Crippen LogP contribution in [0.25, 0.3) is 0 Å². The van der Waals surface area contributed by atoms with E-state index in [0.717, 1.165) is 0 Å². The third-order valence-corrected chi connectivity index (χ3v) is 3.53. The molecule has 2 unspecified atom stereocenters. The van der Waals surface area contributed by atoms with E-state index < -0.39 is 12.6 Å². The lowest BCUT2D eigenvalue weighted by molar-refractivity contribution is -0.115. The van der Waals surface area contributed by atoms with Crippen molar-refractivity contribution in [1.29, 1.82) is 0 Å². The zero-order valence-electron chi connectivity index (χ0n) is 13.5. The highest BCUT2D eigenvalue weighted by molar-refractivity contribution is 5.40. The van der Waals surface area contributed by atoms with Crippen molar-refractivity contribution in [1.82, 2.24) is 0 Å². The normalized spacial score (nSPS) is 13.6. The molecule has 0 amide bonds. The van der Waals surface area contributed by atoms with Gasteiger partial charge in [-0.25, -0.2) is 0 Å². The second kappa shape index (κ2) is 9.24. The summed E-state index contributed by atoms with van der Waals surface area (Å²) in [6.07, 6.45) is -0.514. The highest BCUT2D eigenvalue weighted by atomic mass is 16.6. The summed E-state index contributed by atoms with van der Waals surface area (Å²) < 4.78 is 10.7. The monoisotopic (exact) mass is 332 g/mol. The fourth-order valence-electron chi connectivity index (χ4n) is 2.11. The van der Waals surface area contributed by atoms with Gasteiger partial charge in [-0.15, -0.1) is 0 Å². The number of ether oxygens (including phenoxy) is 2. The number of hydrogen-bond donors (Lipinski definition) is 4. The Morgan fingerprint density at radius 1 is 0.667 bits per heavy atom. The van der Waals surface area contributed by atoms with E-state index in [1.54, 1.807) is 48.5 Å². The molecule has 0 fully saturated rings. The first kappa shape index (κ1) is 18.2. The van der Waals surface area contributed by atoms with Crippen LogP contribution in [-0.2, 0) is 9.47 Å². The second-order valence-electron chi connectivity index (χ2n) is 5.49. The average Bonchev–Trinajstić information content (AvgIpc) is 2.58. The van der Waals surface area contributed by atoms with Crippen LogP contribution in [0.1, 0.15) is 36.5 Å². The molecule has 0 aliphatic rings. The summed E-state index contributed by atoms with van der Waals surface area (Å²) in [4.78, 5) is 0. The Morgan fingerprint density at radius 2 is 1.00 bits per heavy atom. The topological polar surface area (TPSA) is 111 Å². The van der Waals surface area contributed by atoms with Gasteiger partial charge in [0, 0.05) is 22.5 Å². The molecule has 130 valence electrons. The van der Waals surface area contributed by atoms with Crippen LogP contribution in [0.4, 0.5) is 11.4 Å². The zero-order valence-corrected chi connectivity index (χ0v) is 13.5. The molecule has 0 radical (unpaired) electrons. The molecule has 0 spiro atoms. The van der Waals surface area contributed by atoms with Crippen LogP contribution in [0.3, 0.4) is 0 Å². The lowest BCUT2D eigenvalue weighted by Gasteiger charge is -2.14. The first-order chi connectivity index (χ1) is 11.6. The number of rotatable bonds is 9. The molecule has 0 aliphatic heterocycles. The fourth-order valence-corrected chi connectivity index (χ4v) is 2.11. The Hall–Kier alpha value is -2.12. The van der Waals surface area contributed by atoms with Gasteiger partial charge in [0.15, 0.2) is 12.6 Å². The average molecular weight is 332 g/mol.